The first kappa shape index (κ1) is 23.5. The van der Waals surface area contributed by atoms with Gasteiger partial charge in [0.15, 0.2) is 0 Å². The summed E-state index contributed by atoms with van der Waals surface area (Å²) in [6.45, 7) is 6.17. The average Bonchev–Trinajstić information content (AvgIpc) is 2.67. The molecule has 1 fully saturated rings. The third-order valence-electron chi connectivity index (χ3n) is 4.48. The van der Waals surface area contributed by atoms with Crippen molar-refractivity contribution in [2.24, 2.45) is 5.92 Å². The quantitative estimate of drug-likeness (QED) is 0.360. The van der Waals surface area contributed by atoms with Crippen LogP contribution in [0.3, 0.4) is 0 Å². The van der Waals surface area contributed by atoms with Crippen molar-refractivity contribution >= 4 is 73.1 Å². The normalized spacial score (nSPS) is 15.6. The van der Waals surface area contributed by atoms with Gasteiger partial charge >= 0.3 is 6.03 Å². The number of hydrogen-bond donors (Lipinski definition) is 1. The van der Waals surface area contributed by atoms with E-state index in [4.69, 9.17) is 16.3 Å². The second-order valence-corrected chi connectivity index (χ2v) is 9.53. The smallest absolute Gasteiger partial charge is 0.335 e. The van der Waals surface area contributed by atoms with Gasteiger partial charge in [-0.15, -0.1) is 0 Å². The van der Waals surface area contributed by atoms with Crippen LogP contribution in [0, 0.1) is 12.8 Å². The van der Waals surface area contributed by atoms with Gasteiger partial charge in [0.1, 0.15) is 11.3 Å². The van der Waals surface area contributed by atoms with E-state index in [-0.39, 0.29) is 11.5 Å². The predicted octanol–water partition coefficient (Wildman–Crippen LogP) is 5.87. The highest BCUT2D eigenvalue weighted by atomic mass is 79.9. The number of barbiturate groups is 1. The summed E-state index contributed by atoms with van der Waals surface area (Å²) in [5, 5.41) is 2.63. The summed E-state index contributed by atoms with van der Waals surface area (Å²) >= 11 is 13.0. The third-order valence-corrected chi connectivity index (χ3v) is 5.94. The molecule has 31 heavy (non-hydrogen) atoms. The molecule has 0 atom stereocenters. The summed E-state index contributed by atoms with van der Waals surface area (Å²) in [4.78, 5) is 39.2. The Bertz CT molecular complexity index is 1110. The van der Waals surface area contributed by atoms with E-state index in [1.54, 1.807) is 31.2 Å². The second-order valence-electron chi connectivity index (χ2n) is 7.35. The highest BCUT2D eigenvalue weighted by molar-refractivity contribution is 9.11. The van der Waals surface area contributed by atoms with Crippen LogP contribution in [0.5, 0.6) is 5.75 Å². The summed E-state index contributed by atoms with van der Waals surface area (Å²) in [5.74, 6) is -0.760. The van der Waals surface area contributed by atoms with E-state index < -0.39 is 17.8 Å². The van der Waals surface area contributed by atoms with E-state index >= 15 is 0 Å². The number of rotatable bonds is 5. The second kappa shape index (κ2) is 9.54. The number of anilines is 1. The summed E-state index contributed by atoms with van der Waals surface area (Å²) in [7, 11) is 0. The van der Waals surface area contributed by atoms with Crippen molar-refractivity contribution < 1.29 is 19.1 Å². The van der Waals surface area contributed by atoms with Crippen LogP contribution in [-0.2, 0) is 9.59 Å². The van der Waals surface area contributed by atoms with E-state index in [0.29, 0.717) is 38.7 Å². The molecular weight excluding hydrogens is 552 g/mol. The number of hydrogen-bond acceptors (Lipinski definition) is 4. The first-order chi connectivity index (χ1) is 14.6. The first-order valence-electron chi connectivity index (χ1n) is 9.38. The molecule has 0 aliphatic carbocycles. The van der Waals surface area contributed by atoms with Crippen LogP contribution in [0.2, 0.25) is 5.02 Å². The Balaban J connectivity index is 2.10. The van der Waals surface area contributed by atoms with Crippen molar-refractivity contribution in [2.45, 2.75) is 20.8 Å². The lowest BCUT2D eigenvalue weighted by molar-refractivity contribution is -0.122. The molecular formula is C22H19Br2ClN2O4. The van der Waals surface area contributed by atoms with E-state index in [9.17, 15) is 14.4 Å². The molecule has 1 aliphatic rings. The molecule has 0 aromatic heterocycles. The molecule has 2 aromatic carbocycles. The molecule has 3 rings (SSSR count). The molecule has 0 saturated carbocycles. The zero-order valence-electron chi connectivity index (χ0n) is 17.0. The minimum atomic E-state index is -0.829. The monoisotopic (exact) mass is 568 g/mol. The Kier molecular flexibility index (Phi) is 7.24. The lowest BCUT2D eigenvalue weighted by Gasteiger charge is -2.28. The molecule has 0 spiro atoms. The molecule has 162 valence electrons. The fourth-order valence-electron chi connectivity index (χ4n) is 2.96. The Morgan fingerprint density at radius 2 is 1.90 bits per heavy atom. The van der Waals surface area contributed by atoms with Crippen molar-refractivity contribution in [3.05, 3.63) is 61.0 Å². The Labute approximate surface area is 201 Å². The van der Waals surface area contributed by atoms with Crippen LogP contribution >= 0.6 is 43.5 Å². The fourth-order valence-corrected chi connectivity index (χ4v) is 4.50. The highest BCUT2D eigenvalue weighted by Crippen LogP contribution is 2.36. The first-order valence-corrected chi connectivity index (χ1v) is 11.3. The van der Waals surface area contributed by atoms with Crippen molar-refractivity contribution in [3.63, 3.8) is 0 Å². The highest BCUT2D eigenvalue weighted by Gasteiger charge is 2.37. The zero-order valence-corrected chi connectivity index (χ0v) is 20.9. The van der Waals surface area contributed by atoms with E-state index in [1.165, 1.54) is 6.08 Å². The van der Waals surface area contributed by atoms with E-state index in [0.717, 1.165) is 9.37 Å². The van der Waals surface area contributed by atoms with Gasteiger partial charge < -0.3 is 4.74 Å². The number of imide groups is 2. The molecule has 1 saturated heterocycles. The molecule has 1 N–H and O–H groups in total. The van der Waals surface area contributed by atoms with Crippen molar-refractivity contribution in [2.75, 3.05) is 11.5 Å². The standard InChI is InChI=1S/C22H19Br2ClN2O4/c1-11(2)10-31-19-13(7-14(23)9-16(19)24)8-15-20(28)26-22(30)27(21(15)29)18-6-4-5-17(25)12(18)3/h4-9,11H,10H2,1-3H3,(H,26,28,30)/b15-8+. The van der Waals surface area contributed by atoms with E-state index in [1.807, 2.05) is 19.9 Å². The van der Waals surface area contributed by atoms with Crippen LogP contribution in [0.1, 0.15) is 25.0 Å². The maximum Gasteiger partial charge on any atom is 0.335 e. The summed E-state index contributed by atoms with van der Waals surface area (Å²) in [5.41, 5.74) is 1.17. The average molecular weight is 571 g/mol. The van der Waals surface area contributed by atoms with Gasteiger partial charge in [0.05, 0.1) is 16.8 Å². The molecule has 1 heterocycles. The maximum absolute atomic E-state index is 13.2. The molecule has 0 bridgehead atoms. The number of ether oxygens (including phenoxy) is 1. The lowest BCUT2D eigenvalue weighted by atomic mass is 10.0. The van der Waals surface area contributed by atoms with Crippen LogP contribution < -0.4 is 15.0 Å². The number of halogens is 3. The summed E-state index contributed by atoms with van der Waals surface area (Å²) < 4.78 is 7.30. The van der Waals surface area contributed by atoms with Gasteiger partial charge in [-0.25, -0.2) is 9.69 Å². The van der Waals surface area contributed by atoms with Crippen LogP contribution in [0.25, 0.3) is 6.08 Å². The van der Waals surface area contributed by atoms with Gasteiger partial charge in [0, 0.05) is 15.1 Å². The van der Waals surface area contributed by atoms with Gasteiger partial charge in [-0.1, -0.05) is 47.4 Å². The number of amides is 4. The minimum absolute atomic E-state index is 0.196. The minimum Gasteiger partial charge on any atom is -0.492 e. The predicted molar refractivity (Wildman–Crippen MR) is 127 cm³/mol. The fraction of sp³-hybridized carbons (Fsp3) is 0.227. The van der Waals surface area contributed by atoms with Crippen LogP contribution in [0.15, 0.2) is 44.9 Å². The number of carbonyl (C=O) groups excluding carboxylic acids is 3. The summed E-state index contributed by atoms with van der Waals surface area (Å²) in [6.07, 6.45) is 1.42. The Morgan fingerprint density at radius 1 is 1.19 bits per heavy atom. The van der Waals surface area contributed by atoms with Gasteiger partial charge in [-0.3, -0.25) is 14.9 Å². The maximum atomic E-state index is 13.2. The largest absolute Gasteiger partial charge is 0.492 e. The van der Waals surface area contributed by atoms with Crippen LogP contribution in [-0.4, -0.2) is 24.5 Å². The van der Waals surface area contributed by atoms with Gasteiger partial charge in [-0.05, 0) is 64.7 Å². The van der Waals surface area contributed by atoms with Gasteiger partial charge in [0.2, 0.25) is 0 Å². The molecule has 2 aromatic rings. The van der Waals surface area contributed by atoms with Crippen molar-refractivity contribution in [1.29, 1.82) is 0 Å². The topological polar surface area (TPSA) is 75.7 Å². The Morgan fingerprint density at radius 3 is 2.58 bits per heavy atom. The summed E-state index contributed by atoms with van der Waals surface area (Å²) in [6, 6.07) is 7.61. The SMILES string of the molecule is Cc1c(Cl)cccc1N1C(=O)NC(=O)/C(=C\c2cc(Br)cc(Br)c2OCC(C)C)C1=O. The molecule has 0 unspecified atom stereocenters. The molecule has 0 radical (unpaired) electrons. The van der Waals surface area contributed by atoms with Crippen molar-refractivity contribution in [1.82, 2.24) is 5.32 Å². The molecule has 9 heteroatoms. The third kappa shape index (κ3) is 5.02. The Hall–Kier alpha value is -2.16. The van der Waals surface area contributed by atoms with Gasteiger partial charge in [0.25, 0.3) is 11.8 Å². The molecule has 6 nitrogen and oxygen atoms in total. The number of urea groups is 1. The molecule has 1 aliphatic heterocycles. The molecule has 4 amide bonds. The van der Waals surface area contributed by atoms with E-state index in [2.05, 4.69) is 37.2 Å². The van der Waals surface area contributed by atoms with Gasteiger partial charge in [-0.2, -0.15) is 0 Å². The number of nitrogens with one attached hydrogen (secondary N) is 1. The number of carbonyl (C=O) groups is 3. The van der Waals surface area contributed by atoms with Crippen LogP contribution in [0.4, 0.5) is 10.5 Å². The number of benzene rings is 2. The number of nitrogens with zero attached hydrogens (tertiary/aromatic N) is 1. The lowest BCUT2D eigenvalue weighted by Crippen LogP contribution is -2.54. The zero-order chi connectivity index (χ0) is 22.9. The van der Waals surface area contributed by atoms with Crippen molar-refractivity contribution in [3.8, 4) is 5.75 Å².